The number of nitrogens with zero attached hydrogens (tertiary/aromatic N) is 5. The first-order valence-electron chi connectivity index (χ1n) is 11.5. The van der Waals surface area contributed by atoms with Gasteiger partial charge in [0.2, 0.25) is 0 Å². The molecule has 3 atom stereocenters. The zero-order valence-electron chi connectivity index (χ0n) is 18.1. The number of anilines is 2. The van der Waals surface area contributed by atoms with Crippen LogP contribution in [0.5, 0.6) is 0 Å². The zero-order chi connectivity index (χ0) is 22.7. The van der Waals surface area contributed by atoms with Crippen LogP contribution in [0, 0.1) is 11.3 Å². The number of aliphatic hydroxyl groups excluding tert-OH is 1. The Kier molecular flexibility index (Phi) is 5.09. The molecule has 2 bridgehead atoms. The number of fused-ring (bicyclic) bond motifs is 3. The van der Waals surface area contributed by atoms with E-state index in [2.05, 4.69) is 26.3 Å². The maximum Gasteiger partial charge on any atom is 0.149 e. The first-order valence-corrected chi connectivity index (χ1v) is 13.2. The van der Waals surface area contributed by atoms with Gasteiger partial charge in [0.15, 0.2) is 0 Å². The number of aromatic nitrogens is 3. The molecule has 5 aliphatic rings. The second-order valence-electron chi connectivity index (χ2n) is 9.67. The van der Waals surface area contributed by atoms with E-state index in [1.54, 1.807) is 12.4 Å². The third-order valence-electron chi connectivity index (χ3n) is 7.80. The maximum absolute atomic E-state index is 12.8. The molecule has 4 fully saturated rings. The number of rotatable bonds is 5. The van der Waals surface area contributed by atoms with Gasteiger partial charge in [-0.1, -0.05) is 11.6 Å². The van der Waals surface area contributed by atoms with Gasteiger partial charge in [0.25, 0.3) is 0 Å². The monoisotopic (exact) mass is 484 g/mol. The van der Waals surface area contributed by atoms with E-state index < -0.39 is 16.3 Å². The van der Waals surface area contributed by atoms with Crippen LogP contribution in [0.15, 0.2) is 17.3 Å². The molecule has 3 aliphatic heterocycles. The van der Waals surface area contributed by atoms with Crippen molar-refractivity contribution in [3.05, 3.63) is 34.4 Å². The Balaban J connectivity index is 1.35. The summed E-state index contributed by atoms with van der Waals surface area (Å²) in [7, 11) is -1.18. The van der Waals surface area contributed by atoms with Crippen LogP contribution in [-0.4, -0.2) is 54.2 Å². The normalized spacial score (nSPS) is 28.9. The smallest absolute Gasteiger partial charge is 0.149 e. The maximum atomic E-state index is 12.8. The van der Waals surface area contributed by atoms with E-state index in [4.69, 9.17) is 16.6 Å². The van der Waals surface area contributed by atoms with Crippen molar-refractivity contribution in [1.82, 2.24) is 15.0 Å². The Labute approximate surface area is 199 Å². The second kappa shape index (κ2) is 7.90. The van der Waals surface area contributed by atoms with Gasteiger partial charge in [0.1, 0.15) is 23.5 Å². The molecule has 2 aromatic rings. The Hall–Kier alpha value is -2.28. The predicted molar refractivity (Wildman–Crippen MR) is 125 cm³/mol. The number of halogens is 1. The number of piperidine rings is 1. The Morgan fingerprint density at radius 2 is 2.00 bits per heavy atom. The van der Waals surface area contributed by atoms with Crippen LogP contribution < -0.4 is 10.2 Å². The summed E-state index contributed by atoms with van der Waals surface area (Å²) < 4.78 is 12.8. The van der Waals surface area contributed by atoms with Crippen LogP contribution in [0.2, 0.25) is 5.02 Å². The van der Waals surface area contributed by atoms with E-state index in [0.717, 1.165) is 49.9 Å². The number of pyridine rings is 1. The lowest BCUT2D eigenvalue weighted by Crippen LogP contribution is -2.61. The van der Waals surface area contributed by atoms with Gasteiger partial charge in [-0.05, 0) is 50.5 Å². The molecular weight excluding hydrogens is 460 g/mol. The minimum absolute atomic E-state index is 0.0170. The summed E-state index contributed by atoms with van der Waals surface area (Å²) >= 11 is 5.95. The number of aliphatic hydroxyl groups is 1. The summed E-state index contributed by atoms with van der Waals surface area (Å²) in [6.45, 7) is 0.0170. The van der Waals surface area contributed by atoms with Gasteiger partial charge in [0.05, 0.1) is 38.4 Å². The van der Waals surface area contributed by atoms with Crippen molar-refractivity contribution >= 4 is 34.0 Å². The van der Waals surface area contributed by atoms with Gasteiger partial charge in [-0.2, -0.15) is 5.26 Å². The molecule has 7 rings (SSSR count). The van der Waals surface area contributed by atoms with Gasteiger partial charge in [0, 0.05) is 36.1 Å². The summed E-state index contributed by atoms with van der Waals surface area (Å²) in [6, 6.07) is 2.91. The fourth-order valence-electron chi connectivity index (χ4n) is 5.91. The molecule has 0 aromatic carbocycles. The van der Waals surface area contributed by atoms with Crippen molar-refractivity contribution in [2.75, 3.05) is 22.6 Å². The molecule has 2 saturated carbocycles. The van der Waals surface area contributed by atoms with Crippen LogP contribution >= 0.6 is 11.6 Å². The van der Waals surface area contributed by atoms with E-state index in [1.807, 2.05) is 0 Å². The Bertz CT molecular complexity index is 1160. The van der Waals surface area contributed by atoms with E-state index in [1.165, 1.54) is 0 Å². The largest absolute Gasteiger partial charge is 0.394 e. The van der Waals surface area contributed by atoms with E-state index in [9.17, 15) is 14.6 Å². The van der Waals surface area contributed by atoms with Gasteiger partial charge in [-0.3, -0.25) is 4.21 Å². The van der Waals surface area contributed by atoms with Crippen LogP contribution in [0.1, 0.15) is 61.4 Å². The summed E-state index contributed by atoms with van der Waals surface area (Å²) in [5.41, 5.74) is 1.02. The van der Waals surface area contributed by atoms with E-state index >= 15 is 0 Å². The zero-order valence-corrected chi connectivity index (χ0v) is 19.7. The SMILES string of the molecule is N#Cc1c(N2C3CC(c4ncc(Cl)cn4)CC2C3)nc(NC2(CO)CCC2)c2c1CC[S@@]2=O. The molecular formula is C23H25ClN6O2S. The third-order valence-corrected chi connectivity index (χ3v) is 9.47. The standard InChI is InChI=1S/C23H25ClN6O2S/c24-14-10-26-20(27-11-14)13-6-15-8-16(7-13)30(15)22-18(9-25)17-2-5-33(32)19(17)21(28-22)29-23(12-31)3-1-4-23/h10-11,13,15-16,31H,1-8,12H2,(H,28,29)/t13?,15?,16?,33-/m0/s1. The lowest BCUT2D eigenvalue weighted by atomic mass is 9.73. The fourth-order valence-corrected chi connectivity index (χ4v) is 7.40. The van der Waals surface area contributed by atoms with Gasteiger partial charge in [-0.15, -0.1) is 0 Å². The van der Waals surface area contributed by atoms with Crippen molar-refractivity contribution in [3.8, 4) is 6.07 Å². The fraction of sp³-hybridized carbons (Fsp3) is 0.565. The van der Waals surface area contributed by atoms with E-state index in [-0.39, 0.29) is 24.6 Å². The van der Waals surface area contributed by atoms with Crippen LogP contribution in [0.4, 0.5) is 11.6 Å². The minimum Gasteiger partial charge on any atom is -0.394 e. The molecule has 172 valence electrons. The van der Waals surface area contributed by atoms with Crippen LogP contribution in [0.3, 0.4) is 0 Å². The molecule has 0 spiro atoms. The summed E-state index contributed by atoms with van der Waals surface area (Å²) in [5.74, 6) is 2.88. The highest BCUT2D eigenvalue weighted by atomic mass is 35.5. The topological polar surface area (TPSA) is 115 Å². The average Bonchev–Trinajstić information content (AvgIpc) is 3.18. The molecule has 2 N–H and O–H groups in total. The third kappa shape index (κ3) is 3.34. The first kappa shape index (κ1) is 21.3. The molecule has 8 nitrogen and oxygen atoms in total. The minimum atomic E-state index is -1.18. The molecule has 2 aromatic heterocycles. The molecule has 10 heteroatoms. The predicted octanol–water partition coefficient (Wildman–Crippen LogP) is 2.91. The molecule has 0 amide bonds. The molecule has 2 unspecified atom stereocenters. The Morgan fingerprint density at radius 3 is 2.61 bits per heavy atom. The lowest BCUT2D eigenvalue weighted by Gasteiger charge is -2.56. The highest BCUT2D eigenvalue weighted by molar-refractivity contribution is 7.85. The van der Waals surface area contributed by atoms with Crippen molar-refractivity contribution in [3.63, 3.8) is 0 Å². The van der Waals surface area contributed by atoms with Crippen molar-refractivity contribution < 1.29 is 9.32 Å². The number of nitriles is 1. The molecule has 5 heterocycles. The van der Waals surface area contributed by atoms with Gasteiger partial charge < -0.3 is 15.3 Å². The second-order valence-corrected chi connectivity index (χ2v) is 11.6. The molecule has 2 aliphatic carbocycles. The summed E-state index contributed by atoms with van der Waals surface area (Å²) in [5, 5.41) is 24.0. The average molecular weight is 485 g/mol. The molecule has 0 radical (unpaired) electrons. The summed E-state index contributed by atoms with van der Waals surface area (Å²) in [6.07, 6.45) is 9.54. The van der Waals surface area contributed by atoms with Crippen LogP contribution in [0.25, 0.3) is 0 Å². The van der Waals surface area contributed by atoms with Gasteiger partial charge in [-0.25, -0.2) is 15.0 Å². The van der Waals surface area contributed by atoms with Crippen molar-refractivity contribution in [2.24, 2.45) is 0 Å². The van der Waals surface area contributed by atoms with Crippen molar-refractivity contribution in [2.45, 2.75) is 73.4 Å². The number of nitrogens with one attached hydrogen (secondary N) is 1. The lowest BCUT2D eigenvalue weighted by molar-refractivity contribution is 0.143. The molecule has 2 saturated heterocycles. The highest BCUT2D eigenvalue weighted by Gasteiger charge is 2.49. The Morgan fingerprint density at radius 1 is 1.27 bits per heavy atom. The molecule has 33 heavy (non-hydrogen) atoms. The van der Waals surface area contributed by atoms with Gasteiger partial charge >= 0.3 is 0 Å². The van der Waals surface area contributed by atoms with Crippen LogP contribution in [-0.2, 0) is 17.2 Å². The first-order chi connectivity index (χ1) is 16.0. The quantitative estimate of drug-likeness (QED) is 0.665. The summed E-state index contributed by atoms with van der Waals surface area (Å²) in [4.78, 5) is 16.7. The number of hydrogen-bond acceptors (Lipinski definition) is 8. The van der Waals surface area contributed by atoms with Crippen molar-refractivity contribution in [1.29, 1.82) is 5.26 Å². The highest BCUT2D eigenvalue weighted by Crippen LogP contribution is 2.49. The number of hydrogen-bond donors (Lipinski definition) is 2. The van der Waals surface area contributed by atoms with E-state index in [0.29, 0.717) is 39.3 Å².